The van der Waals surface area contributed by atoms with E-state index in [9.17, 15) is 14.4 Å². The first-order valence-corrected chi connectivity index (χ1v) is 10.9. The average molecular weight is 467 g/mol. The molecule has 0 bridgehead atoms. The molecule has 1 aliphatic heterocycles. The first-order valence-electron chi connectivity index (χ1n) is 9.55. The monoisotopic (exact) mass is 466 g/mol. The number of rotatable bonds is 4. The average Bonchev–Trinajstić information content (AvgIpc) is 3.21. The van der Waals surface area contributed by atoms with Crippen LogP contribution < -0.4 is 15.8 Å². The van der Waals surface area contributed by atoms with E-state index in [1.54, 1.807) is 48.5 Å². The number of carbonyl (C=O) groups excluding carboxylic acids is 2. The molecule has 2 aromatic carbocycles. The van der Waals surface area contributed by atoms with E-state index >= 15 is 0 Å². The number of hydrogen-bond donors (Lipinski definition) is 2. The Bertz CT molecular complexity index is 1430. The maximum Gasteiger partial charge on any atom is 0.262 e. The van der Waals surface area contributed by atoms with E-state index in [1.807, 2.05) is 0 Å². The Morgan fingerprint density at radius 2 is 2.00 bits per heavy atom. The Hall–Kier alpha value is -3.63. The molecule has 160 valence electrons. The fourth-order valence-corrected chi connectivity index (χ4v) is 4.34. The van der Waals surface area contributed by atoms with Crippen LogP contribution in [0.2, 0.25) is 5.02 Å². The van der Waals surface area contributed by atoms with Crippen LogP contribution in [0.15, 0.2) is 64.7 Å². The minimum absolute atomic E-state index is 0.0125. The summed E-state index contributed by atoms with van der Waals surface area (Å²) in [5, 5.41) is 8.13. The molecule has 2 amide bonds. The molecule has 2 aromatic heterocycles. The standard InChI is InChI=1S/C21H15ClN6O3S/c22-12-4-3-5-13(8-12)28-19-14(9-23-28)20(31)26-21(25-19)32-11-18(30)27-10-17(29)24-15-6-1-2-7-16(15)27/h1-9H,10-11H2,(H,24,29)(H,25,26,31). The zero-order valence-corrected chi connectivity index (χ0v) is 18.0. The number of para-hydroxylation sites is 2. The van der Waals surface area contributed by atoms with E-state index in [4.69, 9.17) is 11.6 Å². The van der Waals surface area contributed by atoms with E-state index in [2.05, 4.69) is 20.4 Å². The highest BCUT2D eigenvalue weighted by atomic mass is 35.5. The summed E-state index contributed by atoms with van der Waals surface area (Å²) >= 11 is 7.16. The van der Waals surface area contributed by atoms with Crippen LogP contribution in [-0.2, 0) is 9.59 Å². The normalized spacial score (nSPS) is 13.2. The van der Waals surface area contributed by atoms with Crippen LogP contribution in [0.25, 0.3) is 16.7 Å². The number of thioether (sulfide) groups is 1. The summed E-state index contributed by atoms with van der Waals surface area (Å²) in [6, 6.07) is 14.1. The van der Waals surface area contributed by atoms with Gasteiger partial charge in [0.05, 0.1) is 29.0 Å². The topological polar surface area (TPSA) is 113 Å². The number of anilines is 2. The Balaban J connectivity index is 1.42. The minimum Gasteiger partial charge on any atom is -0.323 e. The maximum atomic E-state index is 12.9. The summed E-state index contributed by atoms with van der Waals surface area (Å²) in [6.07, 6.45) is 1.44. The van der Waals surface area contributed by atoms with E-state index < -0.39 is 0 Å². The molecule has 0 saturated carbocycles. The zero-order valence-electron chi connectivity index (χ0n) is 16.4. The molecule has 0 spiro atoms. The quantitative estimate of drug-likeness (QED) is 0.353. The lowest BCUT2D eigenvalue weighted by molar-refractivity contribution is -0.120. The van der Waals surface area contributed by atoms with Crippen LogP contribution in [0.5, 0.6) is 0 Å². The van der Waals surface area contributed by atoms with Gasteiger partial charge in [0.2, 0.25) is 11.8 Å². The number of H-pyrrole nitrogens is 1. The lowest BCUT2D eigenvalue weighted by Crippen LogP contribution is -2.43. The van der Waals surface area contributed by atoms with Crippen LogP contribution in [0.3, 0.4) is 0 Å². The zero-order chi connectivity index (χ0) is 22.2. The van der Waals surface area contributed by atoms with Crippen molar-refractivity contribution in [2.24, 2.45) is 0 Å². The number of nitrogens with zero attached hydrogens (tertiary/aromatic N) is 4. The predicted octanol–water partition coefficient (Wildman–Crippen LogP) is 2.84. The van der Waals surface area contributed by atoms with E-state index in [0.29, 0.717) is 33.1 Å². The molecule has 2 N–H and O–H groups in total. The van der Waals surface area contributed by atoms with Gasteiger partial charge < -0.3 is 15.2 Å². The van der Waals surface area contributed by atoms with Crippen LogP contribution in [0.4, 0.5) is 11.4 Å². The highest BCUT2D eigenvalue weighted by Gasteiger charge is 2.26. The van der Waals surface area contributed by atoms with Crippen molar-refractivity contribution in [3.63, 3.8) is 0 Å². The smallest absolute Gasteiger partial charge is 0.262 e. The summed E-state index contributed by atoms with van der Waals surface area (Å²) in [7, 11) is 0. The van der Waals surface area contributed by atoms with Crippen LogP contribution in [-0.4, -0.2) is 43.9 Å². The van der Waals surface area contributed by atoms with Crippen molar-refractivity contribution in [1.29, 1.82) is 0 Å². The molecule has 0 unspecified atom stereocenters. The van der Waals surface area contributed by atoms with Gasteiger partial charge in [0.1, 0.15) is 11.9 Å². The first-order chi connectivity index (χ1) is 15.5. The SMILES string of the molecule is O=C1CN(C(=O)CSc2nc3c(cnn3-c3cccc(Cl)c3)c(=O)[nH]2)c2ccccc2N1. The van der Waals surface area contributed by atoms with Gasteiger partial charge >= 0.3 is 0 Å². The summed E-state index contributed by atoms with van der Waals surface area (Å²) in [5.74, 6) is -0.551. The van der Waals surface area contributed by atoms with Crippen molar-refractivity contribution in [3.8, 4) is 5.69 Å². The second-order valence-corrected chi connectivity index (χ2v) is 8.38. The van der Waals surface area contributed by atoms with Gasteiger partial charge in [0.15, 0.2) is 10.8 Å². The van der Waals surface area contributed by atoms with Gasteiger partial charge in [0, 0.05) is 5.02 Å². The van der Waals surface area contributed by atoms with Crippen LogP contribution >= 0.6 is 23.4 Å². The van der Waals surface area contributed by atoms with Crippen LogP contribution in [0.1, 0.15) is 0 Å². The Kier molecular flexibility index (Phi) is 5.16. The van der Waals surface area contributed by atoms with Gasteiger partial charge in [0.25, 0.3) is 5.56 Å². The first kappa shape index (κ1) is 20.3. The Morgan fingerprint density at radius 3 is 2.84 bits per heavy atom. The lowest BCUT2D eigenvalue weighted by Gasteiger charge is -2.28. The molecule has 3 heterocycles. The molecule has 1 aliphatic rings. The minimum atomic E-state index is -0.360. The number of amides is 2. The number of carbonyl (C=O) groups is 2. The second kappa shape index (κ2) is 8.13. The molecule has 0 atom stereocenters. The summed E-state index contributed by atoms with van der Waals surface area (Å²) in [5.41, 5.74) is 1.87. The predicted molar refractivity (Wildman–Crippen MR) is 123 cm³/mol. The third kappa shape index (κ3) is 3.74. The number of aromatic amines is 1. The molecule has 5 rings (SSSR count). The van der Waals surface area contributed by atoms with Crippen LogP contribution in [0, 0.1) is 0 Å². The third-order valence-electron chi connectivity index (χ3n) is 4.87. The van der Waals surface area contributed by atoms with Crippen molar-refractivity contribution in [1.82, 2.24) is 19.7 Å². The Labute approximate surface area is 190 Å². The van der Waals surface area contributed by atoms with Gasteiger partial charge in [-0.15, -0.1) is 0 Å². The highest BCUT2D eigenvalue weighted by Crippen LogP contribution is 2.30. The molecule has 9 nitrogen and oxygen atoms in total. The number of benzene rings is 2. The van der Waals surface area contributed by atoms with Crippen molar-refractivity contribution in [2.75, 3.05) is 22.5 Å². The van der Waals surface area contributed by atoms with Crippen molar-refractivity contribution in [2.45, 2.75) is 5.16 Å². The fourth-order valence-electron chi connectivity index (χ4n) is 3.43. The number of nitrogens with one attached hydrogen (secondary N) is 2. The molecule has 11 heteroatoms. The Morgan fingerprint density at radius 1 is 1.16 bits per heavy atom. The molecular weight excluding hydrogens is 452 g/mol. The van der Waals surface area contributed by atoms with E-state index in [1.165, 1.54) is 15.8 Å². The van der Waals surface area contributed by atoms with Gasteiger partial charge in [-0.1, -0.05) is 41.6 Å². The number of halogens is 1. The van der Waals surface area contributed by atoms with E-state index in [0.717, 1.165) is 11.8 Å². The molecule has 4 aromatic rings. The van der Waals surface area contributed by atoms with Crippen molar-refractivity contribution >= 4 is 57.6 Å². The molecule has 0 aliphatic carbocycles. The third-order valence-corrected chi connectivity index (χ3v) is 5.97. The maximum absolute atomic E-state index is 12.9. The van der Waals surface area contributed by atoms with Gasteiger partial charge in [-0.3, -0.25) is 14.4 Å². The molecule has 0 fully saturated rings. The molecule has 0 radical (unpaired) electrons. The molecule has 32 heavy (non-hydrogen) atoms. The van der Waals surface area contributed by atoms with Gasteiger partial charge in [-0.2, -0.15) is 5.10 Å². The summed E-state index contributed by atoms with van der Waals surface area (Å²) in [4.78, 5) is 46.0. The van der Waals surface area contributed by atoms with Gasteiger partial charge in [-0.25, -0.2) is 9.67 Å². The largest absolute Gasteiger partial charge is 0.323 e. The van der Waals surface area contributed by atoms with E-state index in [-0.39, 0.29) is 34.8 Å². The van der Waals surface area contributed by atoms with Gasteiger partial charge in [-0.05, 0) is 30.3 Å². The number of aromatic nitrogens is 4. The number of fused-ring (bicyclic) bond motifs is 2. The van der Waals surface area contributed by atoms with Crippen molar-refractivity contribution < 1.29 is 9.59 Å². The molecular formula is C21H15ClN6O3S. The van der Waals surface area contributed by atoms with Crippen molar-refractivity contribution in [3.05, 3.63) is 70.1 Å². The summed E-state index contributed by atoms with van der Waals surface area (Å²) < 4.78 is 1.52. The highest BCUT2D eigenvalue weighted by molar-refractivity contribution is 7.99. The molecule has 0 saturated heterocycles. The number of hydrogen-bond acceptors (Lipinski definition) is 6. The summed E-state index contributed by atoms with van der Waals surface area (Å²) in [6.45, 7) is -0.0685. The fraction of sp³-hybridized carbons (Fsp3) is 0.0952. The second-order valence-electron chi connectivity index (χ2n) is 6.98. The lowest BCUT2D eigenvalue weighted by atomic mass is 10.2.